The fraction of sp³-hybridized carbons (Fsp3) is 0.300. The van der Waals surface area contributed by atoms with Crippen molar-refractivity contribution in [1.29, 1.82) is 0 Å². The molecule has 0 bridgehead atoms. The van der Waals surface area contributed by atoms with Crippen LogP contribution in [0.3, 0.4) is 0 Å². The molecule has 0 aromatic heterocycles. The van der Waals surface area contributed by atoms with Crippen LogP contribution in [-0.2, 0) is 0 Å². The maximum Gasteiger partial charge on any atom is 0.0793 e. The second-order valence-corrected chi connectivity index (χ2v) is 2.93. The highest BCUT2D eigenvalue weighted by atomic mass is 16.3. The molecule has 1 aromatic rings. The summed E-state index contributed by atoms with van der Waals surface area (Å²) in [6, 6.07) is 8.03. The van der Waals surface area contributed by atoms with Gasteiger partial charge in [0, 0.05) is 0 Å². The summed E-state index contributed by atoms with van der Waals surface area (Å²) in [5.41, 5.74) is 2.28. The van der Waals surface area contributed by atoms with Crippen molar-refractivity contribution in [2.24, 2.45) is 0 Å². The molecule has 0 spiro atoms. The van der Waals surface area contributed by atoms with E-state index in [1.54, 1.807) is 0 Å². The molecule has 0 amide bonds. The number of rotatable bonds is 0. The Balaban J connectivity index is 2.44. The minimum atomic E-state index is -0.240. The molecule has 11 heavy (non-hydrogen) atoms. The van der Waals surface area contributed by atoms with Crippen LogP contribution in [0.2, 0.25) is 0 Å². The highest BCUT2D eigenvalue weighted by molar-refractivity contribution is 5.36. The first-order valence-corrected chi connectivity index (χ1v) is 3.98. The van der Waals surface area contributed by atoms with Crippen molar-refractivity contribution < 1.29 is 5.11 Å². The molecule has 2 rings (SSSR count). The Bertz CT molecular complexity index is 255. The first kappa shape index (κ1) is 6.86. The molecule has 1 radical (unpaired) electrons. The van der Waals surface area contributed by atoms with Gasteiger partial charge in [-0.2, -0.15) is 0 Å². The van der Waals surface area contributed by atoms with E-state index in [1.165, 1.54) is 5.56 Å². The minimum Gasteiger partial charge on any atom is -0.388 e. The van der Waals surface area contributed by atoms with Gasteiger partial charge in [0.25, 0.3) is 0 Å². The zero-order chi connectivity index (χ0) is 7.68. The molecule has 1 aliphatic rings. The third kappa shape index (κ3) is 1.16. The molecule has 57 valence electrons. The lowest BCUT2D eigenvalue weighted by molar-refractivity contribution is 0.162. The number of hydrogen-bond acceptors (Lipinski definition) is 1. The second-order valence-electron chi connectivity index (χ2n) is 2.93. The Morgan fingerprint density at radius 3 is 2.91 bits per heavy atom. The lowest BCUT2D eigenvalue weighted by atomic mass is 9.90. The number of aliphatic hydroxyl groups excluding tert-OH is 1. The van der Waals surface area contributed by atoms with Crippen molar-refractivity contribution in [1.82, 2.24) is 0 Å². The van der Waals surface area contributed by atoms with Gasteiger partial charge in [-0.1, -0.05) is 24.3 Å². The molecule has 0 fully saturated rings. The molecule has 0 saturated carbocycles. The Kier molecular flexibility index (Phi) is 1.66. The van der Waals surface area contributed by atoms with E-state index in [-0.39, 0.29) is 6.10 Å². The van der Waals surface area contributed by atoms with Gasteiger partial charge in [0.15, 0.2) is 0 Å². The van der Waals surface area contributed by atoms with Crippen LogP contribution in [0.4, 0.5) is 0 Å². The van der Waals surface area contributed by atoms with Crippen LogP contribution in [0.5, 0.6) is 0 Å². The Hall–Kier alpha value is -0.820. The second kappa shape index (κ2) is 2.67. The van der Waals surface area contributed by atoms with Gasteiger partial charge in [-0.05, 0) is 30.4 Å². The van der Waals surface area contributed by atoms with Crippen LogP contribution in [0.15, 0.2) is 24.3 Å². The van der Waals surface area contributed by atoms with Crippen molar-refractivity contribution in [2.45, 2.75) is 18.9 Å². The number of fused-ring (bicyclic) bond motifs is 1. The zero-order valence-electron chi connectivity index (χ0n) is 6.33. The molecule has 0 aliphatic heterocycles. The molecule has 1 nitrogen and oxygen atoms in total. The Labute approximate surface area is 66.7 Å². The standard InChI is InChI=1S/C10H11O/c11-10-7-3-5-8-4-1-2-6-9(8)10/h1-2,4-6,10-11H,3,7H2/t10-/m1/s1. The van der Waals surface area contributed by atoms with Gasteiger partial charge in [-0.15, -0.1) is 0 Å². The van der Waals surface area contributed by atoms with E-state index in [9.17, 15) is 5.11 Å². The molecule has 0 heterocycles. The fourth-order valence-electron chi connectivity index (χ4n) is 1.55. The summed E-state index contributed by atoms with van der Waals surface area (Å²) < 4.78 is 0. The summed E-state index contributed by atoms with van der Waals surface area (Å²) in [5, 5.41) is 9.54. The highest BCUT2D eigenvalue weighted by Gasteiger charge is 2.16. The Morgan fingerprint density at radius 2 is 2.09 bits per heavy atom. The van der Waals surface area contributed by atoms with E-state index >= 15 is 0 Å². The van der Waals surface area contributed by atoms with Crippen LogP contribution < -0.4 is 0 Å². The smallest absolute Gasteiger partial charge is 0.0793 e. The third-order valence-electron chi connectivity index (χ3n) is 2.16. The topological polar surface area (TPSA) is 20.2 Å². The van der Waals surface area contributed by atoms with Gasteiger partial charge in [0.1, 0.15) is 0 Å². The molecule has 1 atom stereocenters. The van der Waals surface area contributed by atoms with E-state index in [2.05, 4.69) is 12.5 Å². The molecule has 0 saturated heterocycles. The molecule has 1 aromatic carbocycles. The fourth-order valence-corrected chi connectivity index (χ4v) is 1.55. The molecule has 1 heteroatoms. The third-order valence-corrected chi connectivity index (χ3v) is 2.16. The van der Waals surface area contributed by atoms with E-state index in [1.807, 2.05) is 18.2 Å². The average molecular weight is 147 g/mol. The summed E-state index contributed by atoms with van der Waals surface area (Å²) in [6.45, 7) is 0. The molecule has 1 aliphatic carbocycles. The summed E-state index contributed by atoms with van der Waals surface area (Å²) in [5.74, 6) is 0. The first-order chi connectivity index (χ1) is 5.38. The average Bonchev–Trinajstić information content (AvgIpc) is 2.06. The lowest BCUT2D eigenvalue weighted by Gasteiger charge is -2.20. The number of benzene rings is 1. The maximum atomic E-state index is 9.54. The normalized spacial score (nSPS) is 22.8. The van der Waals surface area contributed by atoms with Crippen molar-refractivity contribution >= 4 is 0 Å². The maximum absolute atomic E-state index is 9.54. The SMILES string of the molecule is O[C@@H]1CC[CH]c2ccccc21. The van der Waals surface area contributed by atoms with Crippen LogP contribution in [0, 0.1) is 6.42 Å². The lowest BCUT2D eigenvalue weighted by Crippen LogP contribution is -2.06. The molecule has 1 N–H and O–H groups in total. The van der Waals surface area contributed by atoms with Crippen molar-refractivity contribution in [3.8, 4) is 0 Å². The minimum absolute atomic E-state index is 0.240. The van der Waals surface area contributed by atoms with E-state index in [0.717, 1.165) is 18.4 Å². The van der Waals surface area contributed by atoms with E-state index < -0.39 is 0 Å². The first-order valence-electron chi connectivity index (χ1n) is 3.98. The predicted octanol–water partition coefficient (Wildman–Crippen LogP) is 2.07. The van der Waals surface area contributed by atoms with E-state index in [4.69, 9.17) is 0 Å². The van der Waals surface area contributed by atoms with Gasteiger partial charge in [0.2, 0.25) is 0 Å². The monoisotopic (exact) mass is 147 g/mol. The number of hydrogen-bond donors (Lipinski definition) is 1. The predicted molar refractivity (Wildman–Crippen MR) is 44.0 cm³/mol. The van der Waals surface area contributed by atoms with Gasteiger partial charge in [0.05, 0.1) is 6.10 Å². The number of aliphatic hydroxyl groups is 1. The van der Waals surface area contributed by atoms with Crippen molar-refractivity contribution in [3.63, 3.8) is 0 Å². The summed E-state index contributed by atoms with van der Waals surface area (Å²) in [7, 11) is 0. The molecular formula is C10H11O. The quantitative estimate of drug-likeness (QED) is 0.595. The van der Waals surface area contributed by atoms with Gasteiger partial charge in [-0.3, -0.25) is 0 Å². The van der Waals surface area contributed by atoms with Gasteiger partial charge >= 0.3 is 0 Å². The Morgan fingerprint density at radius 1 is 1.27 bits per heavy atom. The van der Waals surface area contributed by atoms with Gasteiger partial charge < -0.3 is 5.11 Å². The summed E-state index contributed by atoms with van der Waals surface area (Å²) in [4.78, 5) is 0. The van der Waals surface area contributed by atoms with Crippen molar-refractivity contribution in [2.75, 3.05) is 0 Å². The van der Waals surface area contributed by atoms with Crippen LogP contribution in [-0.4, -0.2) is 5.11 Å². The zero-order valence-corrected chi connectivity index (χ0v) is 6.33. The highest BCUT2D eigenvalue weighted by Crippen LogP contribution is 2.29. The summed E-state index contributed by atoms with van der Waals surface area (Å²) in [6.07, 6.45) is 3.81. The molecule has 0 unspecified atom stereocenters. The van der Waals surface area contributed by atoms with Crippen LogP contribution in [0.1, 0.15) is 30.1 Å². The summed E-state index contributed by atoms with van der Waals surface area (Å²) >= 11 is 0. The van der Waals surface area contributed by atoms with Crippen LogP contribution >= 0.6 is 0 Å². The van der Waals surface area contributed by atoms with Crippen molar-refractivity contribution in [3.05, 3.63) is 41.8 Å². The largest absolute Gasteiger partial charge is 0.388 e. The van der Waals surface area contributed by atoms with Crippen LogP contribution in [0.25, 0.3) is 0 Å². The van der Waals surface area contributed by atoms with E-state index in [0.29, 0.717) is 0 Å². The van der Waals surface area contributed by atoms with Gasteiger partial charge in [-0.25, -0.2) is 0 Å². The molecular weight excluding hydrogens is 136 g/mol.